The Hall–Kier alpha value is -1.85. The van der Waals surface area contributed by atoms with E-state index < -0.39 is 5.97 Å². The Kier molecular flexibility index (Phi) is 2.80. The number of fused-ring (bicyclic) bond motifs is 1. The Labute approximate surface area is 117 Å². The smallest absolute Gasteiger partial charge is 0.335 e. The van der Waals surface area contributed by atoms with E-state index in [0.29, 0.717) is 9.85 Å². The van der Waals surface area contributed by atoms with Crippen LogP contribution in [0.15, 0.2) is 30.3 Å². The molecule has 0 aliphatic rings. The molecule has 0 fully saturated rings. The molecule has 0 bridgehead atoms. The number of benzene rings is 1. The van der Waals surface area contributed by atoms with Crippen LogP contribution >= 0.6 is 22.9 Å². The largest absolute Gasteiger partial charge is 0.478 e. The number of imidazole rings is 1. The van der Waals surface area contributed by atoms with E-state index >= 15 is 0 Å². The number of hydrogen-bond acceptors (Lipinski definition) is 3. The number of aromatic nitrogens is 2. The molecule has 2 aromatic heterocycles. The summed E-state index contributed by atoms with van der Waals surface area (Å²) in [6, 6.07) is 8.66. The van der Waals surface area contributed by atoms with E-state index in [1.165, 1.54) is 11.3 Å². The van der Waals surface area contributed by atoms with Crippen LogP contribution in [0, 0.1) is 0 Å². The van der Waals surface area contributed by atoms with Crippen molar-refractivity contribution in [1.29, 1.82) is 0 Å². The van der Waals surface area contributed by atoms with Gasteiger partial charge in [-0.2, -0.15) is 0 Å². The van der Waals surface area contributed by atoms with Gasteiger partial charge in [0.2, 0.25) is 0 Å². The first-order valence-corrected chi connectivity index (χ1v) is 6.71. The summed E-state index contributed by atoms with van der Waals surface area (Å²) < 4.78 is 2.64. The van der Waals surface area contributed by atoms with Crippen LogP contribution in [0.4, 0.5) is 0 Å². The summed E-state index contributed by atoms with van der Waals surface area (Å²) in [5.74, 6) is -0.164. The third-order valence-corrected chi connectivity index (χ3v) is 4.15. The second kappa shape index (κ2) is 4.36. The van der Waals surface area contributed by atoms with E-state index in [4.69, 9.17) is 16.7 Å². The quantitative estimate of drug-likeness (QED) is 0.784. The number of halogens is 1. The zero-order valence-electron chi connectivity index (χ0n) is 9.92. The number of aryl methyl sites for hydroxylation is 1. The van der Waals surface area contributed by atoms with Crippen molar-refractivity contribution in [3.05, 3.63) is 40.2 Å². The molecule has 4 nitrogen and oxygen atoms in total. The van der Waals surface area contributed by atoms with Crippen molar-refractivity contribution in [3.63, 3.8) is 0 Å². The second-order valence-corrected chi connectivity index (χ2v) is 5.82. The average molecular weight is 293 g/mol. The maximum Gasteiger partial charge on any atom is 0.335 e. The molecule has 6 heteroatoms. The van der Waals surface area contributed by atoms with E-state index in [9.17, 15) is 4.79 Å². The molecule has 0 radical (unpaired) electrons. The fourth-order valence-electron chi connectivity index (χ4n) is 1.99. The Balaban J connectivity index is 2.22. The van der Waals surface area contributed by atoms with Crippen molar-refractivity contribution in [2.24, 2.45) is 7.05 Å². The van der Waals surface area contributed by atoms with Crippen molar-refractivity contribution >= 4 is 39.9 Å². The number of nitrogens with zero attached hydrogens (tertiary/aromatic N) is 2. The van der Waals surface area contributed by atoms with Gasteiger partial charge in [-0.1, -0.05) is 11.6 Å². The molecular weight excluding hydrogens is 284 g/mol. The van der Waals surface area contributed by atoms with Gasteiger partial charge >= 0.3 is 5.97 Å². The van der Waals surface area contributed by atoms with Crippen LogP contribution in [0.5, 0.6) is 0 Å². The minimum Gasteiger partial charge on any atom is -0.478 e. The lowest BCUT2D eigenvalue weighted by Crippen LogP contribution is -1.95. The molecule has 96 valence electrons. The SMILES string of the molecule is Cn1c(-c2ccc(Cl)s2)nc2cc(C(=O)O)ccc21. The van der Waals surface area contributed by atoms with Crippen LogP contribution < -0.4 is 0 Å². The van der Waals surface area contributed by atoms with E-state index in [2.05, 4.69) is 4.98 Å². The fraction of sp³-hybridized carbons (Fsp3) is 0.0769. The first-order valence-electron chi connectivity index (χ1n) is 5.52. The van der Waals surface area contributed by atoms with E-state index in [1.54, 1.807) is 18.2 Å². The third-order valence-electron chi connectivity index (χ3n) is 2.92. The summed E-state index contributed by atoms with van der Waals surface area (Å²) in [6.07, 6.45) is 0. The van der Waals surface area contributed by atoms with Gasteiger partial charge in [0.05, 0.1) is 25.8 Å². The highest BCUT2D eigenvalue weighted by Crippen LogP contribution is 2.32. The molecule has 0 spiro atoms. The fourth-order valence-corrected chi connectivity index (χ4v) is 3.06. The van der Waals surface area contributed by atoms with Gasteiger partial charge in [-0.15, -0.1) is 11.3 Å². The zero-order chi connectivity index (χ0) is 13.6. The van der Waals surface area contributed by atoms with Crippen molar-refractivity contribution < 1.29 is 9.90 Å². The molecule has 1 aromatic carbocycles. The Morgan fingerprint density at radius 1 is 1.37 bits per heavy atom. The van der Waals surface area contributed by atoms with Gasteiger partial charge < -0.3 is 9.67 Å². The van der Waals surface area contributed by atoms with Gasteiger partial charge in [0.1, 0.15) is 0 Å². The highest BCUT2D eigenvalue weighted by Gasteiger charge is 2.13. The summed E-state index contributed by atoms with van der Waals surface area (Å²) in [7, 11) is 1.90. The Bertz CT molecular complexity index is 791. The minimum absolute atomic E-state index is 0.237. The number of carboxylic acid groups (broad SMARTS) is 1. The molecule has 0 aliphatic heterocycles. The molecule has 3 aromatic rings. The normalized spacial score (nSPS) is 11.1. The maximum absolute atomic E-state index is 11.0. The number of aromatic carboxylic acids is 1. The van der Waals surface area contributed by atoms with Gasteiger partial charge in [0.25, 0.3) is 0 Å². The highest BCUT2D eigenvalue weighted by molar-refractivity contribution is 7.19. The highest BCUT2D eigenvalue weighted by atomic mass is 35.5. The number of rotatable bonds is 2. The molecule has 1 N–H and O–H groups in total. The third kappa shape index (κ3) is 2.01. The van der Waals surface area contributed by atoms with Gasteiger partial charge in [0, 0.05) is 7.05 Å². The van der Waals surface area contributed by atoms with Crippen molar-refractivity contribution in [2.75, 3.05) is 0 Å². The maximum atomic E-state index is 11.0. The summed E-state index contributed by atoms with van der Waals surface area (Å²) in [5, 5.41) is 8.99. The molecule has 19 heavy (non-hydrogen) atoms. The summed E-state index contributed by atoms with van der Waals surface area (Å²) in [6.45, 7) is 0. The van der Waals surface area contributed by atoms with Crippen LogP contribution in [0.1, 0.15) is 10.4 Å². The first-order chi connectivity index (χ1) is 9.06. The number of thiophene rings is 1. The van der Waals surface area contributed by atoms with Gasteiger partial charge in [-0.25, -0.2) is 9.78 Å². The zero-order valence-corrected chi connectivity index (χ0v) is 11.5. The lowest BCUT2D eigenvalue weighted by Gasteiger charge is -1.99. The molecule has 0 saturated heterocycles. The standard InChI is InChI=1S/C13H9ClN2O2S/c1-16-9-3-2-7(13(17)18)6-8(9)15-12(16)10-4-5-11(14)19-10/h2-6H,1H3,(H,17,18). The minimum atomic E-state index is -0.951. The Morgan fingerprint density at radius 3 is 2.79 bits per heavy atom. The molecule has 0 amide bonds. The lowest BCUT2D eigenvalue weighted by molar-refractivity contribution is 0.0697. The molecule has 0 atom stereocenters. The Morgan fingerprint density at radius 2 is 2.16 bits per heavy atom. The van der Waals surface area contributed by atoms with Gasteiger partial charge in [-0.3, -0.25) is 0 Å². The summed E-state index contributed by atoms with van der Waals surface area (Å²) in [4.78, 5) is 16.4. The van der Waals surface area contributed by atoms with Crippen molar-refractivity contribution in [2.45, 2.75) is 0 Å². The van der Waals surface area contributed by atoms with Crippen LogP contribution in [-0.4, -0.2) is 20.6 Å². The van der Waals surface area contributed by atoms with Crippen LogP contribution in [-0.2, 0) is 7.05 Å². The van der Waals surface area contributed by atoms with Gasteiger partial charge in [0.15, 0.2) is 5.82 Å². The summed E-state index contributed by atoms with van der Waals surface area (Å²) in [5.41, 5.74) is 1.80. The van der Waals surface area contributed by atoms with Crippen molar-refractivity contribution in [1.82, 2.24) is 9.55 Å². The molecule has 0 unspecified atom stereocenters. The van der Waals surface area contributed by atoms with Gasteiger partial charge in [-0.05, 0) is 30.3 Å². The predicted molar refractivity (Wildman–Crippen MR) is 76.0 cm³/mol. The molecular formula is C13H9ClN2O2S. The van der Waals surface area contributed by atoms with E-state index in [1.807, 2.05) is 23.7 Å². The molecule has 3 rings (SSSR count). The number of carboxylic acids is 1. The monoisotopic (exact) mass is 292 g/mol. The first kappa shape index (κ1) is 12.2. The molecule has 0 saturated carbocycles. The summed E-state index contributed by atoms with van der Waals surface area (Å²) >= 11 is 7.38. The molecule has 2 heterocycles. The second-order valence-electron chi connectivity index (χ2n) is 4.11. The van der Waals surface area contributed by atoms with E-state index in [-0.39, 0.29) is 5.56 Å². The number of hydrogen-bond donors (Lipinski definition) is 1. The topological polar surface area (TPSA) is 55.1 Å². The predicted octanol–water partition coefficient (Wildman–Crippen LogP) is 3.65. The molecule has 0 aliphatic carbocycles. The van der Waals surface area contributed by atoms with Crippen LogP contribution in [0.25, 0.3) is 21.7 Å². The average Bonchev–Trinajstić information content (AvgIpc) is 2.93. The van der Waals surface area contributed by atoms with E-state index in [0.717, 1.165) is 16.2 Å². The van der Waals surface area contributed by atoms with Crippen molar-refractivity contribution in [3.8, 4) is 10.7 Å². The number of carbonyl (C=O) groups is 1. The lowest BCUT2D eigenvalue weighted by atomic mass is 10.2. The van der Waals surface area contributed by atoms with Crippen LogP contribution in [0.2, 0.25) is 4.34 Å². The van der Waals surface area contributed by atoms with Crippen LogP contribution in [0.3, 0.4) is 0 Å².